The molecule has 0 spiro atoms. The molecular formula is C22H24F2N4O. The van der Waals surface area contributed by atoms with Crippen molar-refractivity contribution in [2.75, 3.05) is 18.4 Å². The molecule has 0 radical (unpaired) electrons. The van der Waals surface area contributed by atoms with E-state index in [0.717, 1.165) is 30.2 Å². The Bertz CT molecular complexity index is 928. The summed E-state index contributed by atoms with van der Waals surface area (Å²) in [7, 11) is 0. The van der Waals surface area contributed by atoms with Gasteiger partial charge >= 0.3 is 0 Å². The number of carbonyl (C=O) groups excluding carboxylic acids is 1. The van der Waals surface area contributed by atoms with E-state index in [1.54, 1.807) is 12.1 Å². The zero-order chi connectivity index (χ0) is 20.5. The molecule has 0 atom stereocenters. The molecule has 0 aliphatic heterocycles. The summed E-state index contributed by atoms with van der Waals surface area (Å²) in [5, 5.41) is 13.0. The van der Waals surface area contributed by atoms with Crippen LogP contribution in [0.15, 0.2) is 54.6 Å². The molecule has 3 N–H and O–H groups in total. The van der Waals surface area contributed by atoms with Crippen LogP contribution in [0.1, 0.15) is 24.8 Å². The molecule has 1 amide bonds. The van der Waals surface area contributed by atoms with Crippen molar-refractivity contribution in [3.63, 3.8) is 0 Å². The van der Waals surface area contributed by atoms with Crippen molar-refractivity contribution >= 4 is 11.7 Å². The van der Waals surface area contributed by atoms with E-state index < -0.39 is 11.6 Å². The smallest absolute Gasteiger partial charge is 0.225 e. The van der Waals surface area contributed by atoms with E-state index in [1.165, 1.54) is 6.07 Å². The van der Waals surface area contributed by atoms with Crippen LogP contribution in [0.3, 0.4) is 0 Å². The Morgan fingerprint density at radius 1 is 1.00 bits per heavy atom. The molecule has 152 valence electrons. The Kier molecular flexibility index (Phi) is 7.47. The lowest BCUT2D eigenvalue weighted by Gasteiger charge is -2.06. The van der Waals surface area contributed by atoms with E-state index in [2.05, 4.69) is 20.8 Å². The first kappa shape index (κ1) is 20.7. The van der Waals surface area contributed by atoms with E-state index in [4.69, 9.17) is 0 Å². The van der Waals surface area contributed by atoms with Crippen LogP contribution < -0.4 is 10.6 Å². The number of nitrogens with zero attached hydrogens (tertiary/aromatic N) is 1. The molecule has 1 aromatic heterocycles. The first-order valence-electron chi connectivity index (χ1n) is 9.68. The number of rotatable bonds is 10. The minimum Gasteiger partial charge on any atom is -0.316 e. The van der Waals surface area contributed by atoms with Crippen molar-refractivity contribution < 1.29 is 13.6 Å². The number of nitrogens with one attached hydrogen (secondary N) is 3. The van der Waals surface area contributed by atoms with Crippen molar-refractivity contribution in [2.45, 2.75) is 25.7 Å². The fourth-order valence-corrected chi connectivity index (χ4v) is 2.98. The molecule has 3 rings (SSSR count). The first-order valence-corrected chi connectivity index (χ1v) is 9.68. The van der Waals surface area contributed by atoms with Gasteiger partial charge in [-0.05, 0) is 49.5 Å². The van der Waals surface area contributed by atoms with Gasteiger partial charge < -0.3 is 10.6 Å². The first-order chi connectivity index (χ1) is 14.1. The molecule has 0 aliphatic rings. The van der Waals surface area contributed by atoms with Gasteiger partial charge in [0.05, 0.1) is 5.69 Å². The number of unbranched alkanes of at least 4 members (excludes halogenated alkanes) is 1. The third-order valence-electron chi connectivity index (χ3n) is 4.54. The van der Waals surface area contributed by atoms with Crippen molar-refractivity contribution in [1.82, 2.24) is 15.5 Å². The molecule has 5 nitrogen and oxygen atoms in total. The second-order valence-electron chi connectivity index (χ2n) is 6.75. The molecule has 0 unspecified atom stereocenters. The normalized spacial score (nSPS) is 10.8. The largest absolute Gasteiger partial charge is 0.316 e. The van der Waals surface area contributed by atoms with Gasteiger partial charge in [0.2, 0.25) is 5.91 Å². The number of halogens is 2. The van der Waals surface area contributed by atoms with Gasteiger partial charge in [0.15, 0.2) is 17.5 Å². The number of carbonyl (C=O) groups is 1. The lowest BCUT2D eigenvalue weighted by molar-refractivity contribution is -0.116. The monoisotopic (exact) mass is 398 g/mol. The molecule has 2 aromatic carbocycles. The number of hydrogen-bond donors (Lipinski definition) is 3. The van der Waals surface area contributed by atoms with Gasteiger partial charge in [0.25, 0.3) is 0 Å². The van der Waals surface area contributed by atoms with Gasteiger partial charge in [-0.2, -0.15) is 5.10 Å². The van der Waals surface area contributed by atoms with Crippen LogP contribution in [0.4, 0.5) is 14.6 Å². The van der Waals surface area contributed by atoms with Gasteiger partial charge in [-0.15, -0.1) is 0 Å². The fraction of sp³-hybridized carbons (Fsp3) is 0.273. The molecule has 0 fully saturated rings. The fourth-order valence-electron chi connectivity index (χ4n) is 2.98. The number of benzene rings is 2. The zero-order valence-electron chi connectivity index (χ0n) is 16.1. The predicted molar refractivity (Wildman–Crippen MR) is 109 cm³/mol. The zero-order valence-corrected chi connectivity index (χ0v) is 16.1. The van der Waals surface area contributed by atoms with Crippen LogP contribution in [-0.2, 0) is 11.2 Å². The van der Waals surface area contributed by atoms with Crippen molar-refractivity contribution in [3.05, 3.63) is 71.8 Å². The van der Waals surface area contributed by atoms with E-state index in [9.17, 15) is 13.6 Å². The summed E-state index contributed by atoms with van der Waals surface area (Å²) in [6.07, 6.45) is 2.36. The molecule has 3 aromatic rings. The molecule has 0 bridgehead atoms. The van der Waals surface area contributed by atoms with Crippen molar-refractivity contribution in [1.29, 1.82) is 0 Å². The average molecular weight is 398 g/mol. The highest BCUT2D eigenvalue weighted by Gasteiger charge is 2.08. The molecule has 0 saturated carbocycles. The van der Waals surface area contributed by atoms with Crippen LogP contribution in [0, 0.1) is 11.6 Å². The van der Waals surface area contributed by atoms with Gasteiger partial charge in [-0.25, -0.2) is 8.78 Å². The van der Waals surface area contributed by atoms with Crippen molar-refractivity contribution in [2.24, 2.45) is 0 Å². The maximum atomic E-state index is 13.5. The molecule has 0 saturated heterocycles. The summed E-state index contributed by atoms with van der Waals surface area (Å²) in [5.41, 5.74) is 2.22. The van der Waals surface area contributed by atoms with Crippen LogP contribution >= 0.6 is 0 Å². The summed E-state index contributed by atoms with van der Waals surface area (Å²) >= 11 is 0. The summed E-state index contributed by atoms with van der Waals surface area (Å²) in [6, 6.07) is 15.8. The molecular weight excluding hydrogens is 374 g/mol. The van der Waals surface area contributed by atoms with Crippen molar-refractivity contribution in [3.8, 4) is 11.3 Å². The Morgan fingerprint density at radius 3 is 2.66 bits per heavy atom. The third-order valence-corrected chi connectivity index (χ3v) is 4.54. The van der Waals surface area contributed by atoms with Gasteiger partial charge in [0, 0.05) is 12.5 Å². The summed E-state index contributed by atoms with van der Waals surface area (Å²) in [4.78, 5) is 12.0. The summed E-state index contributed by atoms with van der Waals surface area (Å²) < 4.78 is 26.7. The molecule has 7 heteroatoms. The SMILES string of the molecule is O=C(CCCCNCCc1cccc(F)c1F)Nc1cc(-c2ccccc2)[nH]n1. The highest BCUT2D eigenvalue weighted by molar-refractivity contribution is 5.90. The topological polar surface area (TPSA) is 69.8 Å². The summed E-state index contributed by atoms with van der Waals surface area (Å²) in [5.74, 6) is -1.18. The van der Waals surface area contributed by atoms with E-state index >= 15 is 0 Å². The average Bonchev–Trinajstić information content (AvgIpc) is 3.19. The second kappa shape index (κ2) is 10.5. The van der Waals surface area contributed by atoms with E-state index in [-0.39, 0.29) is 5.91 Å². The minimum absolute atomic E-state index is 0.0852. The summed E-state index contributed by atoms with van der Waals surface area (Å²) in [6.45, 7) is 1.27. The lowest BCUT2D eigenvalue weighted by Crippen LogP contribution is -2.19. The van der Waals surface area contributed by atoms with Crippen LogP contribution in [0.25, 0.3) is 11.3 Å². The Hall–Kier alpha value is -3.06. The number of amides is 1. The lowest BCUT2D eigenvalue weighted by atomic mass is 10.1. The van der Waals surface area contributed by atoms with Gasteiger partial charge in [0.1, 0.15) is 0 Å². The van der Waals surface area contributed by atoms with E-state index in [0.29, 0.717) is 37.3 Å². The number of anilines is 1. The predicted octanol–water partition coefficient (Wildman–Crippen LogP) is 4.30. The Morgan fingerprint density at radius 2 is 1.83 bits per heavy atom. The minimum atomic E-state index is -0.818. The maximum absolute atomic E-state index is 13.5. The Balaban J connectivity index is 1.29. The Labute approximate surface area is 168 Å². The third kappa shape index (κ3) is 6.22. The molecule has 1 heterocycles. The number of aromatic nitrogens is 2. The van der Waals surface area contributed by atoms with Crippen LogP contribution in [0.5, 0.6) is 0 Å². The highest BCUT2D eigenvalue weighted by atomic mass is 19.2. The van der Waals surface area contributed by atoms with Gasteiger partial charge in [-0.1, -0.05) is 42.5 Å². The molecule has 0 aliphatic carbocycles. The molecule has 29 heavy (non-hydrogen) atoms. The number of H-pyrrole nitrogens is 1. The quantitative estimate of drug-likeness (QED) is 0.446. The number of aromatic amines is 1. The number of hydrogen-bond acceptors (Lipinski definition) is 3. The van der Waals surface area contributed by atoms with Crippen LogP contribution in [0.2, 0.25) is 0 Å². The second-order valence-corrected chi connectivity index (χ2v) is 6.75. The standard InChI is InChI=1S/C22H24F2N4O/c23-18-10-6-9-17(22(18)24)12-14-25-13-5-4-11-21(29)26-20-15-19(27-28-20)16-7-2-1-3-8-16/h1-3,6-10,15,25H,4-5,11-14H2,(H2,26,27,28,29). The van der Waals surface area contributed by atoms with Gasteiger partial charge in [-0.3, -0.25) is 9.89 Å². The van der Waals surface area contributed by atoms with E-state index in [1.807, 2.05) is 30.3 Å². The maximum Gasteiger partial charge on any atom is 0.225 e. The highest BCUT2D eigenvalue weighted by Crippen LogP contribution is 2.19. The van der Waals surface area contributed by atoms with Crippen LogP contribution in [-0.4, -0.2) is 29.2 Å².